The third kappa shape index (κ3) is 3.96. The molecular weight excluding hydrogens is 301 g/mol. The van der Waals surface area contributed by atoms with Crippen molar-refractivity contribution in [2.45, 2.75) is 6.18 Å². The highest BCUT2D eigenvalue weighted by molar-refractivity contribution is 5.98. The lowest BCUT2D eigenvalue weighted by Crippen LogP contribution is -2.42. The molecule has 22 heavy (non-hydrogen) atoms. The van der Waals surface area contributed by atoms with Gasteiger partial charge in [-0.05, 0) is 18.2 Å². The van der Waals surface area contributed by atoms with Crippen LogP contribution in [0.4, 0.5) is 13.2 Å². The summed E-state index contributed by atoms with van der Waals surface area (Å²) in [6, 6.07) is 4.68. The van der Waals surface area contributed by atoms with Crippen LogP contribution in [0.2, 0.25) is 0 Å². The Labute approximate surface area is 123 Å². The molecule has 0 saturated heterocycles. The summed E-state index contributed by atoms with van der Waals surface area (Å²) in [6.07, 6.45) is -3.00. The molecule has 2 aromatic rings. The molecule has 2 rings (SSSR count). The molecule has 1 heterocycles. The zero-order valence-corrected chi connectivity index (χ0v) is 11.6. The van der Waals surface area contributed by atoms with Crippen molar-refractivity contribution in [2.75, 3.05) is 20.1 Å². The van der Waals surface area contributed by atoms with Crippen LogP contribution in [0.25, 0.3) is 11.0 Å². The highest BCUT2D eigenvalue weighted by Crippen LogP contribution is 2.15. The van der Waals surface area contributed by atoms with Crippen LogP contribution in [0.3, 0.4) is 0 Å². The maximum Gasteiger partial charge on any atom is 0.406 e. The van der Waals surface area contributed by atoms with Crippen LogP contribution in [-0.2, 0) is 4.79 Å². The molecule has 0 saturated carbocycles. The lowest BCUT2D eigenvalue weighted by Gasteiger charge is -2.19. The monoisotopic (exact) mass is 314 g/mol. The molecule has 9 heteroatoms. The van der Waals surface area contributed by atoms with E-state index in [0.29, 0.717) is 15.9 Å². The van der Waals surface area contributed by atoms with E-state index in [2.05, 4.69) is 15.3 Å². The number of rotatable bonds is 4. The summed E-state index contributed by atoms with van der Waals surface area (Å²) in [4.78, 5) is 30.7. The average molecular weight is 314 g/mol. The smallest absolute Gasteiger partial charge is 0.345 e. The number of nitrogens with zero attached hydrogens (tertiary/aromatic N) is 2. The standard InChI is InChI=1S/C13H13F3N4O2/c1-20(6-13(14,15)16)11(21)5-17-12(22)8-2-3-9-10(4-8)19-7-18-9/h2-4,7H,5-6H2,1H3,(H,17,22)(H,18,19). The van der Waals surface area contributed by atoms with Gasteiger partial charge in [0.25, 0.3) is 5.91 Å². The lowest BCUT2D eigenvalue weighted by atomic mass is 10.2. The van der Waals surface area contributed by atoms with Crippen molar-refractivity contribution in [3.63, 3.8) is 0 Å². The highest BCUT2D eigenvalue weighted by atomic mass is 19.4. The number of halogens is 3. The van der Waals surface area contributed by atoms with Gasteiger partial charge in [0.1, 0.15) is 6.54 Å². The maximum atomic E-state index is 12.2. The number of amides is 2. The van der Waals surface area contributed by atoms with Gasteiger partial charge in [0.05, 0.1) is 23.9 Å². The number of carbonyl (C=O) groups is 2. The summed E-state index contributed by atoms with van der Waals surface area (Å²) >= 11 is 0. The van der Waals surface area contributed by atoms with Gasteiger partial charge in [-0.25, -0.2) is 4.98 Å². The van der Waals surface area contributed by atoms with E-state index in [9.17, 15) is 22.8 Å². The van der Waals surface area contributed by atoms with Crippen LogP contribution in [0.5, 0.6) is 0 Å². The minimum atomic E-state index is -4.47. The second kappa shape index (κ2) is 6.04. The molecule has 2 amide bonds. The normalized spacial score (nSPS) is 11.5. The molecule has 0 unspecified atom stereocenters. The van der Waals surface area contributed by atoms with E-state index in [4.69, 9.17) is 0 Å². The summed E-state index contributed by atoms with van der Waals surface area (Å²) in [6.45, 7) is -1.87. The number of aromatic nitrogens is 2. The van der Waals surface area contributed by atoms with Gasteiger partial charge in [0.15, 0.2) is 0 Å². The van der Waals surface area contributed by atoms with Crippen LogP contribution in [0, 0.1) is 0 Å². The Morgan fingerprint density at radius 1 is 1.36 bits per heavy atom. The number of benzene rings is 1. The molecule has 0 fully saturated rings. The maximum absolute atomic E-state index is 12.2. The second-order valence-corrected chi connectivity index (χ2v) is 4.68. The summed E-state index contributed by atoms with van der Waals surface area (Å²) in [5.41, 5.74) is 1.61. The molecule has 2 N–H and O–H groups in total. The summed E-state index contributed by atoms with van der Waals surface area (Å²) in [7, 11) is 1.03. The molecule has 0 bridgehead atoms. The first kappa shape index (κ1) is 15.8. The van der Waals surface area contributed by atoms with E-state index in [1.165, 1.54) is 12.4 Å². The van der Waals surface area contributed by atoms with Crippen LogP contribution < -0.4 is 5.32 Å². The van der Waals surface area contributed by atoms with Crippen molar-refractivity contribution in [2.24, 2.45) is 0 Å². The van der Waals surface area contributed by atoms with Gasteiger partial charge < -0.3 is 15.2 Å². The number of H-pyrrole nitrogens is 1. The molecule has 1 aromatic carbocycles. The van der Waals surface area contributed by atoms with E-state index in [0.717, 1.165) is 7.05 Å². The quantitative estimate of drug-likeness (QED) is 0.893. The highest BCUT2D eigenvalue weighted by Gasteiger charge is 2.31. The van der Waals surface area contributed by atoms with Gasteiger partial charge in [-0.15, -0.1) is 0 Å². The van der Waals surface area contributed by atoms with Crippen molar-refractivity contribution in [1.82, 2.24) is 20.2 Å². The van der Waals surface area contributed by atoms with Crippen molar-refractivity contribution in [3.8, 4) is 0 Å². The fourth-order valence-corrected chi connectivity index (χ4v) is 1.83. The third-order valence-electron chi connectivity index (χ3n) is 2.92. The Morgan fingerprint density at radius 3 is 2.77 bits per heavy atom. The SMILES string of the molecule is CN(CC(F)(F)F)C(=O)CNC(=O)c1ccc2nc[nH]c2c1. The molecule has 0 aliphatic carbocycles. The van der Waals surface area contributed by atoms with Gasteiger partial charge in [-0.1, -0.05) is 0 Å². The fourth-order valence-electron chi connectivity index (χ4n) is 1.83. The lowest BCUT2D eigenvalue weighted by molar-refractivity contribution is -0.157. The number of alkyl halides is 3. The molecule has 0 aliphatic heterocycles. The first-order valence-corrected chi connectivity index (χ1v) is 6.28. The summed E-state index contributed by atoms with van der Waals surface area (Å²) < 4.78 is 36.5. The fraction of sp³-hybridized carbons (Fsp3) is 0.308. The predicted octanol–water partition coefficient (Wildman–Crippen LogP) is 1.31. The van der Waals surface area contributed by atoms with E-state index in [1.54, 1.807) is 12.1 Å². The minimum absolute atomic E-state index is 0.281. The molecule has 6 nitrogen and oxygen atoms in total. The molecule has 118 valence electrons. The Morgan fingerprint density at radius 2 is 2.09 bits per heavy atom. The van der Waals surface area contributed by atoms with E-state index in [-0.39, 0.29) is 5.56 Å². The molecule has 0 radical (unpaired) electrons. The number of carbonyl (C=O) groups excluding carboxylic acids is 2. The van der Waals surface area contributed by atoms with E-state index < -0.39 is 31.1 Å². The average Bonchev–Trinajstić information content (AvgIpc) is 2.89. The Hall–Kier alpha value is -2.58. The largest absolute Gasteiger partial charge is 0.406 e. The first-order chi connectivity index (χ1) is 10.3. The number of imidazole rings is 1. The first-order valence-electron chi connectivity index (χ1n) is 6.28. The van der Waals surface area contributed by atoms with E-state index >= 15 is 0 Å². The zero-order valence-electron chi connectivity index (χ0n) is 11.6. The number of hydrogen-bond acceptors (Lipinski definition) is 3. The molecular formula is C13H13F3N4O2. The summed E-state index contributed by atoms with van der Waals surface area (Å²) in [5, 5.41) is 2.29. The number of nitrogens with one attached hydrogen (secondary N) is 2. The minimum Gasteiger partial charge on any atom is -0.345 e. The number of aromatic amines is 1. The Balaban J connectivity index is 1.93. The van der Waals surface area contributed by atoms with Crippen LogP contribution in [-0.4, -0.2) is 53.0 Å². The van der Waals surface area contributed by atoms with Crippen LogP contribution >= 0.6 is 0 Å². The molecule has 1 aromatic heterocycles. The molecule has 0 aliphatic rings. The molecule has 0 spiro atoms. The Bertz CT molecular complexity index is 696. The predicted molar refractivity (Wildman–Crippen MR) is 72.1 cm³/mol. The third-order valence-corrected chi connectivity index (χ3v) is 2.92. The van der Waals surface area contributed by atoms with Crippen LogP contribution in [0.1, 0.15) is 10.4 Å². The van der Waals surface area contributed by atoms with Gasteiger partial charge in [-0.2, -0.15) is 13.2 Å². The van der Waals surface area contributed by atoms with Gasteiger partial charge >= 0.3 is 6.18 Å². The van der Waals surface area contributed by atoms with Gasteiger partial charge in [0, 0.05) is 12.6 Å². The Kier molecular flexibility index (Phi) is 4.34. The summed E-state index contributed by atoms with van der Waals surface area (Å²) in [5.74, 6) is -1.38. The zero-order chi connectivity index (χ0) is 16.3. The number of likely N-dealkylation sites (N-methyl/N-ethyl adjacent to an activating group) is 1. The van der Waals surface area contributed by atoms with Gasteiger partial charge in [0.2, 0.25) is 5.91 Å². The number of hydrogen-bond donors (Lipinski definition) is 2. The topological polar surface area (TPSA) is 78.1 Å². The van der Waals surface area contributed by atoms with Gasteiger partial charge in [-0.3, -0.25) is 9.59 Å². The van der Waals surface area contributed by atoms with Crippen molar-refractivity contribution in [1.29, 1.82) is 0 Å². The van der Waals surface area contributed by atoms with Crippen LogP contribution in [0.15, 0.2) is 24.5 Å². The van der Waals surface area contributed by atoms with Crippen molar-refractivity contribution < 1.29 is 22.8 Å². The molecule has 0 atom stereocenters. The van der Waals surface area contributed by atoms with Crippen molar-refractivity contribution in [3.05, 3.63) is 30.1 Å². The second-order valence-electron chi connectivity index (χ2n) is 4.68. The number of fused-ring (bicyclic) bond motifs is 1. The van der Waals surface area contributed by atoms with E-state index in [1.807, 2.05) is 0 Å². The van der Waals surface area contributed by atoms with Crippen molar-refractivity contribution >= 4 is 22.8 Å².